The summed E-state index contributed by atoms with van der Waals surface area (Å²) in [5, 5.41) is 3.29. The quantitative estimate of drug-likeness (QED) is 0.522. The summed E-state index contributed by atoms with van der Waals surface area (Å²) in [6.45, 7) is 8.17. The fourth-order valence-corrected chi connectivity index (χ4v) is 5.23. The van der Waals surface area contributed by atoms with Gasteiger partial charge in [0.15, 0.2) is 0 Å². The number of rotatable bonds is 8. The summed E-state index contributed by atoms with van der Waals surface area (Å²) in [6.07, 6.45) is 0. The monoisotopic (exact) mass is 488 g/mol. The normalized spacial score (nSPS) is 11.9. The lowest BCUT2D eigenvalue weighted by Crippen LogP contribution is -2.41. The van der Waals surface area contributed by atoms with Crippen molar-refractivity contribution in [3.05, 3.63) is 58.1 Å². The molecule has 0 spiro atoms. The second-order valence-corrected chi connectivity index (χ2v) is 12.4. The molecule has 164 valence electrons. The van der Waals surface area contributed by atoms with E-state index in [1.54, 1.807) is 30.0 Å². The van der Waals surface area contributed by atoms with Gasteiger partial charge in [-0.05, 0) is 37.3 Å². The molecule has 0 aromatic heterocycles. The van der Waals surface area contributed by atoms with E-state index in [9.17, 15) is 13.2 Å². The molecule has 0 saturated carbocycles. The number of nitrogens with zero attached hydrogens (tertiary/aromatic N) is 1. The summed E-state index contributed by atoms with van der Waals surface area (Å²) in [5.41, 5.74) is 1.08. The van der Waals surface area contributed by atoms with Crippen LogP contribution in [0, 0.1) is 6.92 Å². The van der Waals surface area contributed by atoms with Gasteiger partial charge < -0.3 is 5.32 Å². The van der Waals surface area contributed by atoms with Gasteiger partial charge in [-0.25, -0.2) is 8.42 Å². The molecular formula is C21H26Cl2N2O3S2. The standard InChI is InChI=1S/C21H26Cl2N2O3S2/c1-15-5-8-17(9-6-15)30(27,28)25(19-13-16(22)7-10-18(19)23)14-20(26)24-11-12-29-21(2,3)4/h5-10,13H,11-12,14H2,1-4H3,(H,24,26). The van der Waals surface area contributed by atoms with Crippen LogP contribution >= 0.6 is 35.0 Å². The minimum Gasteiger partial charge on any atom is -0.354 e. The summed E-state index contributed by atoms with van der Waals surface area (Å²) < 4.78 is 27.8. The maximum atomic E-state index is 13.3. The molecule has 2 rings (SSSR count). The molecule has 0 heterocycles. The van der Waals surface area contributed by atoms with Crippen molar-refractivity contribution in [1.82, 2.24) is 5.32 Å². The minimum atomic E-state index is -4.03. The number of thioether (sulfide) groups is 1. The van der Waals surface area contributed by atoms with Crippen LogP contribution in [0.3, 0.4) is 0 Å². The molecule has 0 saturated heterocycles. The number of carbonyl (C=O) groups is 1. The molecule has 30 heavy (non-hydrogen) atoms. The van der Waals surface area contributed by atoms with Gasteiger partial charge in [0, 0.05) is 22.1 Å². The van der Waals surface area contributed by atoms with Gasteiger partial charge in [-0.2, -0.15) is 11.8 Å². The van der Waals surface area contributed by atoms with Gasteiger partial charge in [0.25, 0.3) is 10.0 Å². The Kier molecular flexibility index (Phi) is 8.51. The lowest BCUT2D eigenvalue weighted by atomic mass is 10.2. The van der Waals surface area contributed by atoms with E-state index in [-0.39, 0.29) is 20.4 Å². The molecule has 5 nitrogen and oxygen atoms in total. The average molecular weight is 489 g/mol. The van der Waals surface area contributed by atoms with Gasteiger partial charge in [0.1, 0.15) is 6.54 Å². The van der Waals surface area contributed by atoms with Crippen molar-refractivity contribution in [2.75, 3.05) is 23.1 Å². The zero-order chi connectivity index (χ0) is 22.5. The Bertz CT molecular complexity index is 988. The summed E-state index contributed by atoms with van der Waals surface area (Å²) in [7, 11) is -4.03. The number of hydrogen-bond acceptors (Lipinski definition) is 4. The van der Waals surface area contributed by atoms with Crippen molar-refractivity contribution in [2.45, 2.75) is 37.3 Å². The predicted octanol–water partition coefficient (Wildman–Crippen LogP) is 5.15. The third-order valence-corrected chi connectivity index (χ3v) is 7.64. The number of carbonyl (C=O) groups excluding carboxylic acids is 1. The molecule has 0 radical (unpaired) electrons. The highest BCUT2D eigenvalue weighted by molar-refractivity contribution is 8.00. The van der Waals surface area contributed by atoms with Gasteiger partial charge in [-0.15, -0.1) is 0 Å². The maximum Gasteiger partial charge on any atom is 0.264 e. The topological polar surface area (TPSA) is 66.5 Å². The van der Waals surface area contributed by atoms with Crippen LogP contribution in [0.2, 0.25) is 10.0 Å². The van der Waals surface area contributed by atoms with E-state index in [2.05, 4.69) is 26.1 Å². The SMILES string of the molecule is Cc1ccc(S(=O)(=O)N(CC(=O)NCCSC(C)(C)C)c2cc(Cl)ccc2Cl)cc1. The molecule has 0 aliphatic heterocycles. The summed E-state index contributed by atoms with van der Waals surface area (Å²) in [6, 6.07) is 10.9. The van der Waals surface area contributed by atoms with Gasteiger partial charge in [-0.1, -0.05) is 61.7 Å². The number of nitrogens with one attached hydrogen (secondary N) is 1. The zero-order valence-corrected chi connectivity index (χ0v) is 20.6. The summed E-state index contributed by atoms with van der Waals surface area (Å²) in [4.78, 5) is 12.6. The Morgan fingerprint density at radius 2 is 1.73 bits per heavy atom. The van der Waals surface area contributed by atoms with E-state index in [4.69, 9.17) is 23.2 Å². The Balaban J connectivity index is 2.29. The Morgan fingerprint density at radius 1 is 1.10 bits per heavy atom. The molecule has 0 atom stereocenters. The first-order chi connectivity index (χ1) is 13.9. The van der Waals surface area contributed by atoms with Gasteiger partial charge in [0.2, 0.25) is 5.91 Å². The van der Waals surface area contributed by atoms with Crippen LogP contribution in [-0.2, 0) is 14.8 Å². The first-order valence-electron chi connectivity index (χ1n) is 9.35. The fraction of sp³-hybridized carbons (Fsp3) is 0.381. The summed E-state index contributed by atoms with van der Waals surface area (Å²) in [5.74, 6) is 0.300. The van der Waals surface area contributed by atoms with Crippen LogP contribution in [0.25, 0.3) is 0 Å². The molecule has 2 aromatic rings. The second kappa shape index (κ2) is 10.3. The van der Waals surface area contributed by atoms with E-state index < -0.39 is 22.5 Å². The fourth-order valence-electron chi connectivity index (χ4n) is 2.55. The third-order valence-electron chi connectivity index (χ3n) is 4.03. The molecule has 1 N–H and O–H groups in total. The average Bonchev–Trinajstić information content (AvgIpc) is 2.65. The molecule has 0 bridgehead atoms. The smallest absolute Gasteiger partial charge is 0.264 e. The largest absolute Gasteiger partial charge is 0.354 e. The first-order valence-corrected chi connectivity index (χ1v) is 12.5. The number of aryl methyl sites for hydroxylation is 1. The van der Waals surface area contributed by atoms with Gasteiger partial charge in [0.05, 0.1) is 15.6 Å². The Labute approximate surface area is 193 Å². The van der Waals surface area contributed by atoms with Crippen LogP contribution < -0.4 is 9.62 Å². The minimum absolute atomic E-state index is 0.0697. The van der Waals surface area contributed by atoms with Gasteiger partial charge in [-0.3, -0.25) is 9.10 Å². The third kappa shape index (κ3) is 7.08. The number of hydrogen-bond donors (Lipinski definition) is 1. The number of benzene rings is 2. The van der Waals surface area contributed by atoms with Crippen LogP contribution in [0.1, 0.15) is 26.3 Å². The predicted molar refractivity (Wildman–Crippen MR) is 127 cm³/mol. The highest BCUT2D eigenvalue weighted by Gasteiger charge is 2.29. The van der Waals surface area contributed by atoms with Crippen LogP contribution in [-0.4, -0.2) is 37.9 Å². The number of sulfonamides is 1. The highest BCUT2D eigenvalue weighted by atomic mass is 35.5. The van der Waals surface area contributed by atoms with Crippen molar-refractivity contribution in [3.8, 4) is 0 Å². The Hall–Kier alpha value is -1.41. The van der Waals surface area contributed by atoms with E-state index in [0.29, 0.717) is 11.6 Å². The Morgan fingerprint density at radius 3 is 2.33 bits per heavy atom. The first kappa shape index (κ1) is 24.9. The van der Waals surface area contributed by atoms with Crippen LogP contribution in [0.4, 0.5) is 5.69 Å². The molecular weight excluding hydrogens is 463 g/mol. The van der Waals surface area contributed by atoms with E-state index in [0.717, 1.165) is 15.6 Å². The van der Waals surface area contributed by atoms with Crippen molar-refractivity contribution >= 4 is 56.6 Å². The van der Waals surface area contributed by atoms with E-state index in [1.165, 1.54) is 24.3 Å². The number of halogens is 2. The second-order valence-electron chi connectivity index (χ2n) is 7.73. The van der Waals surface area contributed by atoms with E-state index in [1.807, 2.05) is 6.92 Å². The van der Waals surface area contributed by atoms with Crippen molar-refractivity contribution in [1.29, 1.82) is 0 Å². The molecule has 1 amide bonds. The molecule has 2 aromatic carbocycles. The van der Waals surface area contributed by atoms with Gasteiger partial charge >= 0.3 is 0 Å². The number of anilines is 1. The molecule has 0 fully saturated rings. The molecule has 9 heteroatoms. The zero-order valence-electron chi connectivity index (χ0n) is 17.4. The van der Waals surface area contributed by atoms with Crippen LogP contribution in [0.15, 0.2) is 47.4 Å². The lowest BCUT2D eigenvalue weighted by Gasteiger charge is -2.25. The summed E-state index contributed by atoms with van der Waals surface area (Å²) >= 11 is 14.1. The van der Waals surface area contributed by atoms with Crippen molar-refractivity contribution in [2.24, 2.45) is 0 Å². The molecule has 0 aliphatic rings. The molecule has 0 unspecified atom stereocenters. The van der Waals surface area contributed by atoms with Crippen molar-refractivity contribution < 1.29 is 13.2 Å². The van der Waals surface area contributed by atoms with E-state index >= 15 is 0 Å². The molecule has 0 aliphatic carbocycles. The van der Waals surface area contributed by atoms with Crippen LogP contribution in [0.5, 0.6) is 0 Å². The maximum absolute atomic E-state index is 13.3. The highest BCUT2D eigenvalue weighted by Crippen LogP contribution is 2.33. The lowest BCUT2D eigenvalue weighted by molar-refractivity contribution is -0.119. The van der Waals surface area contributed by atoms with Crippen molar-refractivity contribution in [3.63, 3.8) is 0 Å². The number of amides is 1.